The lowest BCUT2D eigenvalue weighted by molar-refractivity contribution is -0.140. The van der Waals surface area contributed by atoms with E-state index in [1.165, 1.54) is 57.6 Å². The normalized spacial score (nSPS) is 12.0. The molecule has 0 bridgehead atoms. The van der Waals surface area contributed by atoms with Crippen molar-refractivity contribution in [3.63, 3.8) is 0 Å². The van der Waals surface area contributed by atoms with Crippen molar-refractivity contribution in [1.82, 2.24) is 10.2 Å². The maximum absolute atomic E-state index is 14.9. The molecule has 4 aromatic carbocycles. The maximum atomic E-state index is 14.9. The Morgan fingerprint density at radius 1 is 0.784 bits per heavy atom. The molecule has 51 heavy (non-hydrogen) atoms. The minimum absolute atomic E-state index is 0.0384. The fourth-order valence-corrected chi connectivity index (χ4v) is 7.05. The molecule has 0 unspecified atom stereocenters. The van der Waals surface area contributed by atoms with Crippen LogP contribution in [0, 0.1) is 0 Å². The number of rotatable bonds is 15. The number of amides is 2. The lowest BCUT2D eigenvalue weighted by Crippen LogP contribution is -2.56. The van der Waals surface area contributed by atoms with E-state index < -0.39 is 40.0 Å². The van der Waals surface area contributed by atoms with Crippen molar-refractivity contribution in [2.75, 3.05) is 39.3 Å². The van der Waals surface area contributed by atoms with Gasteiger partial charge in [0.1, 0.15) is 24.1 Å². The monoisotopic (exact) mass is 737 g/mol. The Labute approximate surface area is 305 Å². The van der Waals surface area contributed by atoms with Gasteiger partial charge >= 0.3 is 0 Å². The first-order valence-electron chi connectivity index (χ1n) is 16.1. The van der Waals surface area contributed by atoms with Crippen LogP contribution in [-0.4, -0.2) is 71.7 Å². The Morgan fingerprint density at radius 2 is 1.41 bits per heavy atom. The smallest absolute Gasteiger partial charge is 0.265 e. The van der Waals surface area contributed by atoms with Gasteiger partial charge in [-0.25, -0.2) is 8.42 Å². The van der Waals surface area contributed by atoms with E-state index >= 15 is 0 Å². The molecule has 0 heterocycles. The fourth-order valence-electron chi connectivity index (χ4n) is 5.43. The molecule has 4 aromatic rings. The summed E-state index contributed by atoms with van der Waals surface area (Å²) in [7, 11) is 1.14. The zero-order valence-corrected chi connectivity index (χ0v) is 31.4. The van der Waals surface area contributed by atoms with Crippen LogP contribution in [0.3, 0.4) is 0 Å². The largest absolute Gasteiger partial charge is 0.497 e. The number of halogens is 1. The summed E-state index contributed by atoms with van der Waals surface area (Å²) < 4.78 is 52.1. The van der Waals surface area contributed by atoms with E-state index in [0.29, 0.717) is 22.1 Å². The molecule has 0 aliphatic rings. The zero-order chi connectivity index (χ0) is 37.3. The molecule has 0 fully saturated rings. The van der Waals surface area contributed by atoms with E-state index in [9.17, 15) is 18.0 Å². The number of hydrogen-bond donors (Lipinski definition) is 1. The fraction of sp³-hybridized carbons (Fsp3) is 0.316. The first-order valence-corrected chi connectivity index (χ1v) is 17.9. The Kier molecular flexibility index (Phi) is 12.8. The first-order chi connectivity index (χ1) is 24.2. The molecule has 0 aliphatic heterocycles. The number of methoxy groups -OCH3 is 4. The zero-order valence-electron chi connectivity index (χ0n) is 29.8. The van der Waals surface area contributed by atoms with Gasteiger partial charge in [0, 0.05) is 35.7 Å². The van der Waals surface area contributed by atoms with Gasteiger partial charge in [-0.3, -0.25) is 13.9 Å². The van der Waals surface area contributed by atoms with Crippen LogP contribution in [0.1, 0.15) is 31.9 Å². The summed E-state index contributed by atoms with van der Waals surface area (Å²) >= 11 is 6.61. The molecule has 0 spiro atoms. The lowest BCUT2D eigenvalue weighted by Gasteiger charge is -2.35. The number of benzene rings is 4. The van der Waals surface area contributed by atoms with E-state index in [1.807, 2.05) is 51.1 Å². The second-order valence-corrected chi connectivity index (χ2v) is 14.9. The minimum Gasteiger partial charge on any atom is -0.497 e. The predicted octanol–water partition coefficient (Wildman–Crippen LogP) is 6.12. The Hall–Kier alpha value is -4.94. The second kappa shape index (κ2) is 16.8. The van der Waals surface area contributed by atoms with Gasteiger partial charge in [-0.15, -0.1) is 0 Å². The van der Waals surface area contributed by atoms with Gasteiger partial charge in [-0.05, 0) is 62.2 Å². The summed E-state index contributed by atoms with van der Waals surface area (Å²) in [5.74, 6) is -0.113. The van der Waals surface area contributed by atoms with Gasteiger partial charge < -0.3 is 29.2 Å². The molecule has 1 N–H and O–H groups in total. The van der Waals surface area contributed by atoms with Crippen molar-refractivity contribution < 1.29 is 37.0 Å². The van der Waals surface area contributed by atoms with Crippen LogP contribution >= 0.6 is 11.6 Å². The number of ether oxygens (including phenoxy) is 4. The molecular formula is C38H44ClN3O8S. The predicted molar refractivity (Wildman–Crippen MR) is 197 cm³/mol. The van der Waals surface area contributed by atoms with Gasteiger partial charge in [0.05, 0.1) is 39.0 Å². The van der Waals surface area contributed by atoms with E-state index in [-0.39, 0.29) is 35.0 Å². The summed E-state index contributed by atoms with van der Waals surface area (Å²) in [6.07, 6.45) is 0.143. The Balaban J connectivity index is 1.92. The summed E-state index contributed by atoms with van der Waals surface area (Å²) in [4.78, 5) is 30.2. The van der Waals surface area contributed by atoms with Crippen LogP contribution in [-0.2, 0) is 32.6 Å². The molecule has 0 aliphatic carbocycles. The van der Waals surface area contributed by atoms with Crippen molar-refractivity contribution in [2.45, 2.75) is 50.2 Å². The van der Waals surface area contributed by atoms with E-state index in [4.69, 9.17) is 30.5 Å². The lowest BCUT2D eigenvalue weighted by atomic mass is 10.0. The van der Waals surface area contributed by atoms with Crippen LogP contribution in [0.4, 0.5) is 5.69 Å². The number of sulfonamides is 1. The highest BCUT2D eigenvalue weighted by Crippen LogP contribution is 2.38. The number of carbonyl (C=O) groups is 2. The van der Waals surface area contributed by atoms with Crippen LogP contribution < -0.4 is 28.6 Å². The molecule has 0 saturated heterocycles. The van der Waals surface area contributed by atoms with Crippen molar-refractivity contribution in [3.8, 4) is 23.0 Å². The molecule has 0 aromatic heterocycles. The van der Waals surface area contributed by atoms with Crippen LogP contribution in [0.15, 0.2) is 95.9 Å². The third-order valence-electron chi connectivity index (χ3n) is 7.94. The van der Waals surface area contributed by atoms with Gasteiger partial charge in [0.15, 0.2) is 11.5 Å². The summed E-state index contributed by atoms with van der Waals surface area (Å²) in [6, 6.07) is 24.0. The summed E-state index contributed by atoms with van der Waals surface area (Å²) in [6.45, 7) is 4.72. The highest BCUT2D eigenvalue weighted by molar-refractivity contribution is 7.92. The Bertz CT molecular complexity index is 1930. The van der Waals surface area contributed by atoms with Crippen molar-refractivity contribution in [1.29, 1.82) is 0 Å². The number of hydrogen-bond acceptors (Lipinski definition) is 8. The molecule has 11 nitrogen and oxygen atoms in total. The van der Waals surface area contributed by atoms with Gasteiger partial charge in [0.2, 0.25) is 11.8 Å². The van der Waals surface area contributed by atoms with E-state index in [0.717, 1.165) is 9.87 Å². The van der Waals surface area contributed by atoms with Gasteiger partial charge in [-0.2, -0.15) is 0 Å². The average molecular weight is 738 g/mol. The quantitative estimate of drug-likeness (QED) is 0.155. The number of anilines is 1. The highest BCUT2D eigenvalue weighted by atomic mass is 35.5. The first kappa shape index (κ1) is 38.9. The number of carbonyl (C=O) groups excluding carboxylic acids is 2. The summed E-state index contributed by atoms with van der Waals surface area (Å²) in [5, 5.41) is 3.40. The van der Waals surface area contributed by atoms with Crippen LogP contribution in [0.5, 0.6) is 23.0 Å². The third-order valence-corrected chi connectivity index (χ3v) is 10.1. The topological polar surface area (TPSA) is 124 Å². The minimum atomic E-state index is -4.52. The van der Waals surface area contributed by atoms with Crippen LogP contribution in [0.2, 0.25) is 5.02 Å². The molecule has 4 rings (SSSR count). The molecule has 0 radical (unpaired) electrons. The van der Waals surface area contributed by atoms with Gasteiger partial charge in [0.25, 0.3) is 10.0 Å². The van der Waals surface area contributed by atoms with Gasteiger partial charge in [-0.1, -0.05) is 60.1 Å². The second-order valence-electron chi connectivity index (χ2n) is 12.6. The number of nitrogens with zero attached hydrogens (tertiary/aromatic N) is 2. The number of nitrogens with one attached hydrogen (secondary N) is 1. The van der Waals surface area contributed by atoms with E-state index in [1.54, 1.807) is 36.4 Å². The standard InChI is InChI=1S/C38H44ClN3O8S/c1-38(2,3)40-37(44)32(21-26-13-9-8-10-14-26)41(24-27-15-11-12-16-30(27)39)36(43)25-42(31-22-28(47-4)17-19-33(31)48-5)51(45,46)29-18-20-34(49-6)35(23-29)50-7/h8-20,22-23,32H,21,24-25H2,1-7H3,(H,40,44)/t32-/m0/s1. The van der Waals surface area contributed by atoms with Crippen molar-refractivity contribution in [3.05, 3.63) is 107 Å². The maximum Gasteiger partial charge on any atom is 0.265 e. The van der Waals surface area contributed by atoms with Crippen molar-refractivity contribution in [2.24, 2.45) is 0 Å². The highest BCUT2D eigenvalue weighted by Gasteiger charge is 2.37. The third kappa shape index (κ3) is 9.65. The molecule has 13 heteroatoms. The van der Waals surface area contributed by atoms with Crippen LogP contribution in [0.25, 0.3) is 0 Å². The molecule has 1 atom stereocenters. The summed E-state index contributed by atoms with van der Waals surface area (Å²) in [5.41, 5.74) is 0.772. The molecule has 0 saturated carbocycles. The molecule has 2 amide bonds. The molecule has 272 valence electrons. The van der Waals surface area contributed by atoms with Crippen molar-refractivity contribution >= 4 is 39.1 Å². The van der Waals surface area contributed by atoms with E-state index in [2.05, 4.69) is 5.32 Å². The SMILES string of the molecule is COc1ccc(OC)c(N(CC(=O)N(Cc2ccccc2Cl)[C@@H](Cc2ccccc2)C(=O)NC(C)(C)C)S(=O)(=O)c2ccc(OC)c(OC)c2)c1. The Morgan fingerprint density at radius 3 is 2.02 bits per heavy atom. The molecular weight excluding hydrogens is 694 g/mol. The average Bonchev–Trinajstić information content (AvgIpc) is 3.11.